The molecule has 7 nitrogen and oxygen atoms in total. The third-order valence-electron chi connectivity index (χ3n) is 2.68. The Morgan fingerprint density at radius 1 is 1.30 bits per heavy atom. The number of hydrogen-bond acceptors (Lipinski definition) is 5. The Morgan fingerprint density at radius 3 is 2.50 bits per heavy atom. The van der Waals surface area contributed by atoms with Gasteiger partial charge in [0, 0.05) is 24.5 Å². The lowest BCUT2D eigenvalue weighted by molar-refractivity contribution is -0.128. The molecule has 1 aromatic rings. The van der Waals surface area contributed by atoms with Crippen molar-refractivity contribution >= 4 is 27.3 Å². The standard InChI is InChI=1S/C12H17N3O4S/c1-20(17,18)15-10-4-2-9(3-5-10)14-12(16)11-8-13-6-7-19-11/h2-5,11,13,15H,6-8H2,1H3,(H,14,16). The van der Waals surface area contributed by atoms with Crippen LogP contribution in [0.3, 0.4) is 0 Å². The van der Waals surface area contributed by atoms with E-state index in [4.69, 9.17) is 4.74 Å². The van der Waals surface area contributed by atoms with Crippen LogP contribution < -0.4 is 15.4 Å². The monoisotopic (exact) mass is 299 g/mol. The fourth-order valence-electron chi connectivity index (χ4n) is 1.79. The van der Waals surface area contributed by atoms with Gasteiger partial charge in [0.15, 0.2) is 0 Å². The summed E-state index contributed by atoms with van der Waals surface area (Å²) in [6, 6.07) is 6.41. The topological polar surface area (TPSA) is 96.5 Å². The van der Waals surface area contributed by atoms with E-state index in [9.17, 15) is 13.2 Å². The second-order valence-electron chi connectivity index (χ2n) is 4.50. The molecule has 1 aromatic carbocycles. The highest BCUT2D eigenvalue weighted by Gasteiger charge is 2.21. The van der Waals surface area contributed by atoms with Crippen LogP contribution in [0.5, 0.6) is 0 Å². The summed E-state index contributed by atoms with van der Waals surface area (Å²) in [7, 11) is -3.30. The molecular weight excluding hydrogens is 282 g/mol. The van der Waals surface area contributed by atoms with E-state index in [2.05, 4.69) is 15.4 Å². The second kappa shape index (κ2) is 6.21. The number of morpholine rings is 1. The van der Waals surface area contributed by atoms with Gasteiger partial charge >= 0.3 is 0 Å². The summed E-state index contributed by atoms with van der Waals surface area (Å²) < 4.78 is 29.8. The molecule has 1 saturated heterocycles. The van der Waals surface area contributed by atoms with E-state index < -0.39 is 16.1 Å². The van der Waals surface area contributed by atoms with E-state index >= 15 is 0 Å². The van der Waals surface area contributed by atoms with E-state index in [0.717, 1.165) is 12.8 Å². The lowest BCUT2D eigenvalue weighted by Crippen LogP contribution is -2.45. The van der Waals surface area contributed by atoms with Crippen molar-refractivity contribution in [1.82, 2.24) is 5.32 Å². The Labute approximate surface area is 117 Å². The fraction of sp³-hybridized carbons (Fsp3) is 0.417. The Bertz CT molecular complexity index is 565. The van der Waals surface area contributed by atoms with Crippen molar-refractivity contribution in [1.29, 1.82) is 0 Å². The third-order valence-corrected chi connectivity index (χ3v) is 3.28. The number of rotatable bonds is 4. The summed E-state index contributed by atoms with van der Waals surface area (Å²) in [5, 5.41) is 5.79. The van der Waals surface area contributed by atoms with E-state index in [1.807, 2.05) is 0 Å². The molecule has 0 bridgehead atoms. The van der Waals surface area contributed by atoms with Crippen molar-refractivity contribution in [3.05, 3.63) is 24.3 Å². The van der Waals surface area contributed by atoms with Crippen molar-refractivity contribution in [3.63, 3.8) is 0 Å². The lowest BCUT2D eigenvalue weighted by Gasteiger charge is -2.22. The summed E-state index contributed by atoms with van der Waals surface area (Å²) in [4.78, 5) is 11.9. The Morgan fingerprint density at radius 2 is 1.95 bits per heavy atom. The van der Waals surface area contributed by atoms with Crippen molar-refractivity contribution in [2.45, 2.75) is 6.10 Å². The highest BCUT2D eigenvalue weighted by atomic mass is 32.2. The largest absolute Gasteiger partial charge is 0.366 e. The molecule has 1 heterocycles. The van der Waals surface area contributed by atoms with Crippen LogP contribution in [0.1, 0.15) is 0 Å². The molecule has 1 unspecified atom stereocenters. The fourth-order valence-corrected chi connectivity index (χ4v) is 2.36. The predicted octanol–water partition coefficient (Wildman–Crippen LogP) is -0.0150. The number of anilines is 2. The average molecular weight is 299 g/mol. The van der Waals surface area contributed by atoms with Gasteiger partial charge < -0.3 is 15.4 Å². The van der Waals surface area contributed by atoms with Crippen molar-refractivity contribution in [2.75, 3.05) is 36.0 Å². The van der Waals surface area contributed by atoms with Gasteiger partial charge in [-0.1, -0.05) is 0 Å². The molecule has 0 saturated carbocycles. The quantitative estimate of drug-likeness (QED) is 0.726. The van der Waals surface area contributed by atoms with Gasteiger partial charge in [0.2, 0.25) is 10.0 Å². The zero-order chi connectivity index (χ0) is 14.6. The van der Waals surface area contributed by atoms with Gasteiger partial charge in [0.05, 0.1) is 12.9 Å². The predicted molar refractivity (Wildman–Crippen MR) is 76.1 cm³/mol. The molecule has 20 heavy (non-hydrogen) atoms. The molecule has 0 radical (unpaired) electrons. The van der Waals surface area contributed by atoms with E-state index in [0.29, 0.717) is 24.5 Å². The molecule has 2 rings (SSSR count). The summed E-state index contributed by atoms with van der Waals surface area (Å²) in [6.45, 7) is 1.74. The van der Waals surface area contributed by atoms with Crippen LogP contribution in [0.2, 0.25) is 0 Å². The highest BCUT2D eigenvalue weighted by molar-refractivity contribution is 7.92. The van der Waals surface area contributed by atoms with Crippen molar-refractivity contribution < 1.29 is 17.9 Å². The molecule has 1 fully saturated rings. The average Bonchev–Trinajstić information content (AvgIpc) is 2.40. The lowest BCUT2D eigenvalue weighted by atomic mass is 10.2. The number of benzene rings is 1. The number of amides is 1. The maximum absolute atomic E-state index is 11.9. The normalized spacial score (nSPS) is 19.4. The van der Waals surface area contributed by atoms with Crippen LogP contribution in [0.4, 0.5) is 11.4 Å². The molecule has 3 N–H and O–H groups in total. The Balaban J connectivity index is 1.94. The SMILES string of the molecule is CS(=O)(=O)Nc1ccc(NC(=O)C2CNCCO2)cc1. The smallest absolute Gasteiger partial charge is 0.254 e. The number of ether oxygens (including phenoxy) is 1. The number of hydrogen-bond donors (Lipinski definition) is 3. The molecule has 1 aliphatic heterocycles. The van der Waals surface area contributed by atoms with Crippen molar-refractivity contribution in [2.24, 2.45) is 0 Å². The van der Waals surface area contributed by atoms with Gasteiger partial charge in [-0.3, -0.25) is 9.52 Å². The first-order chi connectivity index (χ1) is 9.44. The minimum absolute atomic E-state index is 0.221. The maximum Gasteiger partial charge on any atom is 0.254 e. The molecule has 1 aliphatic rings. The molecule has 0 spiro atoms. The zero-order valence-electron chi connectivity index (χ0n) is 11.0. The van der Waals surface area contributed by atoms with Gasteiger partial charge in [-0.2, -0.15) is 0 Å². The first-order valence-electron chi connectivity index (χ1n) is 6.15. The molecule has 1 amide bonds. The molecule has 110 valence electrons. The molecule has 1 atom stereocenters. The highest BCUT2D eigenvalue weighted by Crippen LogP contribution is 2.15. The second-order valence-corrected chi connectivity index (χ2v) is 6.25. The van der Waals surface area contributed by atoms with Crippen LogP contribution in [0.15, 0.2) is 24.3 Å². The van der Waals surface area contributed by atoms with Gasteiger partial charge in [-0.25, -0.2) is 8.42 Å². The van der Waals surface area contributed by atoms with Crippen molar-refractivity contribution in [3.8, 4) is 0 Å². The van der Waals surface area contributed by atoms with Crippen LogP contribution in [0.25, 0.3) is 0 Å². The summed E-state index contributed by atoms with van der Waals surface area (Å²) >= 11 is 0. The van der Waals surface area contributed by atoms with Gasteiger partial charge in [-0.05, 0) is 24.3 Å². The van der Waals surface area contributed by atoms with E-state index in [1.165, 1.54) is 0 Å². The summed E-state index contributed by atoms with van der Waals surface area (Å²) in [5.74, 6) is -0.221. The molecule has 8 heteroatoms. The Kier molecular flexibility index (Phi) is 4.58. The number of carbonyl (C=O) groups is 1. The van der Waals surface area contributed by atoms with E-state index in [-0.39, 0.29) is 5.91 Å². The number of sulfonamides is 1. The van der Waals surface area contributed by atoms with Gasteiger partial charge in [0.25, 0.3) is 5.91 Å². The third kappa shape index (κ3) is 4.48. The zero-order valence-corrected chi connectivity index (χ0v) is 11.9. The van der Waals surface area contributed by atoms with Crippen LogP contribution >= 0.6 is 0 Å². The van der Waals surface area contributed by atoms with Crippen LogP contribution in [0, 0.1) is 0 Å². The number of nitrogens with one attached hydrogen (secondary N) is 3. The van der Waals surface area contributed by atoms with Gasteiger partial charge in [-0.15, -0.1) is 0 Å². The maximum atomic E-state index is 11.9. The van der Waals surface area contributed by atoms with Gasteiger partial charge in [0.1, 0.15) is 6.10 Å². The molecule has 0 aromatic heterocycles. The molecular formula is C12H17N3O4S. The first-order valence-corrected chi connectivity index (χ1v) is 8.04. The first kappa shape index (κ1) is 14.8. The minimum Gasteiger partial charge on any atom is -0.366 e. The summed E-state index contributed by atoms with van der Waals surface area (Å²) in [6.07, 6.45) is 0.577. The summed E-state index contributed by atoms with van der Waals surface area (Å²) in [5.41, 5.74) is 1.03. The molecule has 0 aliphatic carbocycles. The Hall–Kier alpha value is -1.64. The minimum atomic E-state index is -3.30. The van der Waals surface area contributed by atoms with Crippen LogP contribution in [-0.2, 0) is 19.6 Å². The number of carbonyl (C=O) groups excluding carboxylic acids is 1. The van der Waals surface area contributed by atoms with Crippen LogP contribution in [-0.4, -0.2) is 46.4 Å². The van der Waals surface area contributed by atoms with E-state index in [1.54, 1.807) is 24.3 Å².